The van der Waals surface area contributed by atoms with Crippen LogP contribution in [-0.4, -0.2) is 36.1 Å². The van der Waals surface area contributed by atoms with Gasteiger partial charge in [0.1, 0.15) is 11.5 Å². The molecule has 0 unspecified atom stereocenters. The molecule has 0 aromatic heterocycles. The third-order valence-corrected chi connectivity index (χ3v) is 6.55. The van der Waals surface area contributed by atoms with Crippen LogP contribution in [0.1, 0.15) is 30.0 Å². The molecule has 0 aliphatic carbocycles. The summed E-state index contributed by atoms with van der Waals surface area (Å²) in [5.41, 5.74) is 4.85. The van der Waals surface area contributed by atoms with E-state index in [0.29, 0.717) is 12.1 Å². The fourth-order valence-corrected chi connectivity index (χ4v) is 4.54. The number of benzene rings is 3. The van der Waals surface area contributed by atoms with Crippen LogP contribution < -0.4 is 9.75 Å². The van der Waals surface area contributed by atoms with Crippen LogP contribution in [0.5, 0.6) is 5.75 Å². The van der Waals surface area contributed by atoms with Gasteiger partial charge in [0.15, 0.2) is 0 Å². The molecule has 4 rings (SSSR count). The average Bonchev–Trinajstić information content (AvgIpc) is 3.16. The van der Waals surface area contributed by atoms with Crippen molar-refractivity contribution in [1.82, 2.24) is 0 Å². The lowest BCUT2D eigenvalue weighted by Crippen LogP contribution is -2.36. The number of rotatable bonds is 7. The van der Waals surface area contributed by atoms with E-state index in [4.69, 9.17) is 4.74 Å². The molecule has 2 atom stereocenters. The average molecular weight is 497 g/mol. The van der Waals surface area contributed by atoms with Crippen LogP contribution in [0.2, 0.25) is 0 Å². The molecule has 188 valence electrons. The second-order valence-corrected chi connectivity index (χ2v) is 9.00. The van der Waals surface area contributed by atoms with Crippen LogP contribution in [0.15, 0.2) is 71.8 Å². The van der Waals surface area contributed by atoms with Gasteiger partial charge in [-0.15, -0.1) is 0 Å². The largest absolute Gasteiger partial charge is 0.497 e. The van der Waals surface area contributed by atoms with E-state index >= 15 is 0 Å². The minimum atomic E-state index is -4.61. The molecular formula is C28H27F3N2O3. The second-order valence-electron chi connectivity index (χ2n) is 9.00. The molecule has 1 aliphatic rings. The number of carboxylic acid groups (broad SMARTS) is 1. The van der Waals surface area contributed by atoms with E-state index in [1.807, 2.05) is 43.3 Å². The van der Waals surface area contributed by atoms with Gasteiger partial charge < -0.3 is 9.84 Å². The lowest BCUT2D eigenvalue weighted by Gasteiger charge is -2.25. The lowest BCUT2D eigenvalue weighted by atomic mass is 9.94. The number of aryl methyl sites for hydroxylation is 1. The van der Waals surface area contributed by atoms with Gasteiger partial charge in [-0.3, -0.25) is 9.80 Å². The standard InChI is InChI=1S/C28H27F3N2O3/c1-17-13-22(21-5-4-6-24(15-21)36-3)10-9-20(17)14-19-7-11-23(12-8-19)33-25(16-26(34)35)18(2)27(32-33)28(29,30)31/h4-13,15,18,25H,14,16H2,1-3H3,(H,34,35)/t18-,25-/m0/s1. The van der Waals surface area contributed by atoms with E-state index in [9.17, 15) is 23.1 Å². The number of hydrogen-bond donors (Lipinski definition) is 1. The Labute approximate surface area is 207 Å². The SMILES string of the molecule is COc1cccc(-c2ccc(Cc3ccc(N4N=C(C(F)(F)F)[C@@H](C)[C@@H]4CC(=O)O)cc3)c(C)c2)c1. The first-order valence-electron chi connectivity index (χ1n) is 11.6. The number of anilines is 1. The third-order valence-electron chi connectivity index (χ3n) is 6.55. The van der Waals surface area contributed by atoms with E-state index in [1.165, 1.54) is 11.9 Å². The quantitative estimate of drug-likeness (QED) is 0.407. The van der Waals surface area contributed by atoms with Gasteiger partial charge in [0, 0.05) is 5.92 Å². The first kappa shape index (κ1) is 25.3. The van der Waals surface area contributed by atoms with Gasteiger partial charge >= 0.3 is 12.1 Å². The van der Waals surface area contributed by atoms with Gasteiger partial charge in [-0.1, -0.05) is 49.4 Å². The Balaban J connectivity index is 1.54. The molecule has 0 bridgehead atoms. The van der Waals surface area contributed by atoms with Crippen LogP contribution in [0.3, 0.4) is 0 Å². The van der Waals surface area contributed by atoms with Crippen molar-refractivity contribution < 1.29 is 27.8 Å². The Kier molecular flexibility index (Phi) is 7.06. The summed E-state index contributed by atoms with van der Waals surface area (Å²) < 4.78 is 45.6. The maximum Gasteiger partial charge on any atom is 0.431 e. The molecule has 36 heavy (non-hydrogen) atoms. The maximum absolute atomic E-state index is 13.4. The van der Waals surface area contributed by atoms with Crippen molar-refractivity contribution in [3.63, 3.8) is 0 Å². The van der Waals surface area contributed by atoms with Crippen molar-refractivity contribution in [2.75, 3.05) is 12.1 Å². The zero-order chi connectivity index (χ0) is 26.0. The van der Waals surface area contributed by atoms with Gasteiger partial charge in [-0.05, 0) is 65.4 Å². The van der Waals surface area contributed by atoms with E-state index < -0.39 is 36.2 Å². The number of carbonyl (C=O) groups is 1. The molecule has 5 nitrogen and oxygen atoms in total. The molecule has 1 heterocycles. The van der Waals surface area contributed by atoms with Crippen molar-refractivity contribution in [3.05, 3.63) is 83.4 Å². The van der Waals surface area contributed by atoms with E-state index in [2.05, 4.69) is 23.3 Å². The highest BCUT2D eigenvalue weighted by Crippen LogP contribution is 2.36. The normalized spacial score (nSPS) is 17.7. The zero-order valence-electron chi connectivity index (χ0n) is 20.2. The first-order chi connectivity index (χ1) is 17.1. The Morgan fingerprint density at radius 1 is 1.06 bits per heavy atom. The molecule has 0 saturated heterocycles. The van der Waals surface area contributed by atoms with Crippen molar-refractivity contribution in [3.8, 4) is 16.9 Å². The highest BCUT2D eigenvalue weighted by molar-refractivity contribution is 5.96. The molecule has 1 aliphatic heterocycles. The third kappa shape index (κ3) is 5.37. The van der Waals surface area contributed by atoms with Gasteiger partial charge in [0.2, 0.25) is 0 Å². The summed E-state index contributed by atoms with van der Waals surface area (Å²) in [6.45, 7) is 3.41. The summed E-state index contributed by atoms with van der Waals surface area (Å²) >= 11 is 0. The summed E-state index contributed by atoms with van der Waals surface area (Å²) in [4.78, 5) is 11.3. The first-order valence-corrected chi connectivity index (χ1v) is 11.6. The van der Waals surface area contributed by atoms with Crippen molar-refractivity contribution in [1.29, 1.82) is 0 Å². The Hall–Kier alpha value is -3.81. The zero-order valence-corrected chi connectivity index (χ0v) is 20.2. The highest BCUT2D eigenvalue weighted by atomic mass is 19.4. The van der Waals surface area contributed by atoms with Crippen LogP contribution in [0.4, 0.5) is 18.9 Å². The second kappa shape index (κ2) is 10.0. The minimum Gasteiger partial charge on any atom is -0.497 e. The minimum absolute atomic E-state index is 0.432. The summed E-state index contributed by atoms with van der Waals surface area (Å²) in [5.74, 6) is -1.43. The van der Waals surface area contributed by atoms with Crippen LogP contribution in [0, 0.1) is 12.8 Å². The predicted molar refractivity (Wildman–Crippen MR) is 134 cm³/mol. The van der Waals surface area contributed by atoms with E-state index in [1.54, 1.807) is 19.2 Å². The number of hydrazone groups is 1. The Bertz CT molecular complexity index is 1290. The number of nitrogens with zero attached hydrogens (tertiary/aromatic N) is 2. The smallest absolute Gasteiger partial charge is 0.431 e. The number of hydrogen-bond acceptors (Lipinski definition) is 4. The number of carboxylic acids is 1. The molecule has 1 N–H and O–H groups in total. The number of methoxy groups -OCH3 is 1. The molecule has 0 saturated carbocycles. The molecular weight excluding hydrogens is 469 g/mol. The molecule has 8 heteroatoms. The van der Waals surface area contributed by atoms with E-state index in [-0.39, 0.29) is 0 Å². The summed E-state index contributed by atoms with van der Waals surface area (Å²) in [6, 6.07) is 20.3. The maximum atomic E-state index is 13.4. The highest BCUT2D eigenvalue weighted by Gasteiger charge is 2.48. The molecule has 0 fully saturated rings. The number of alkyl halides is 3. The topological polar surface area (TPSA) is 62.1 Å². The molecule has 3 aromatic carbocycles. The molecule has 0 spiro atoms. The number of halogens is 3. The van der Waals surface area contributed by atoms with Gasteiger partial charge in [0.05, 0.1) is 25.3 Å². The van der Waals surface area contributed by atoms with Crippen molar-refractivity contribution in [2.45, 2.75) is 38.9 Å². The van der Waals surface area contributed by atoms with Gasteiger partial charge in [0.25, 0.3) is 0 Å². The summed E-state index contributed by atoms with van der Waals surface area (Å²) in [5, 5.41) is 14.2. The van der Waals surface area contributed by atoms with Gasteiger partial charge in [-0.25, -0.2) is 0 Å². The fourth-order valence-electron chi connectivity index (χ4n) is 4.54. The summed E-state index contributed by atoms with van der Waals surface area (Å²) in [6.07, 6.45) is -4.40. The number of aliphatic carboxylic acids is 1. The van der Waals surface area contributed by atoms with Crippen molar-refractivity contribution in [2.24, 2.45) is 11.0 Å². The Morgan fingerprint density at radius 3 is 2.36 bits per heavy atom. The molecule has 0 radical (unpaired) electrons. The van der Waals surface area contributed by atoms with Crippen molar-refractivity contribution >= 4 is 17.4 Å². The fraction of sp³-hybridized carbons (Fsp3) is 0.286. The summed E-state index contributed by atoms with van der Waals surface area (Å²) in [7, 11) is 1.64. The molecule has 0 amide bonds. The monoisotopic (exact) mass is 496 g/mol. The van der Waals surface area contributed by atoms with Crippen LogP contribution in [-0.2, 0) is 11.2 Å². The molecule has 3 aromatic rings. The van der Waals surface area contributed by atoms with Crippen LogP contribution >= 0.6 is 0 Å². The van der Waals surface area contributed by atoms with Crippen LogP contribution in [0.25, 0.3) is 11.1 Å². The predicted octanol–water partition coefficient (Wildman–Crippen LogP) is 6.48. The van der Waals surface area contributed by atoms with Gasteiger partial charge in [-0.2, -0.15) is 18.3 Å². The Morgan fingerprint density at radius 2 is 1.75 bits per heavy atom. The van der Waals surface area contributed by atoms with E-state index in [0.717, 1.165) is 33.6 Å². The number of ether oxygens (including phenoxy) is 1. The lowest BCUT2D eigenvalue weighted by molar-refractivity contribution is -0.137.